The van der Waals surface area contributed by atoms with E-state index in [1.54, 1.807) is 12.4 Å². The molecule has 0 bridgehead atoms. The molecule has 1 rings (SSSR count). The third-order valence-corrected chi connectivity index (χ3v) is 2.19. The van der Waals surface area contributed by atoms with Crippen LogP contribution >= 0.6 is 12.2 Å². The first-order valence-electron chi connectivity index (χ1n) is 5.68. The SMILES string of the molecule is CC(C)COC(=O)NC(=S)NCc1cccnc1. The van der Waals surface area contributed by atoms with Crippen LogP contribution in [0.15, 0.2) is 24.5 Å². The van der Waals surface area contributed by atoms with Crippen LogP contribution in [0.25, 0.3) is 0 Å². The van der Waals surface area contributed by atoms with Crippen LogP contribution in [0.1, 0.15) is 19.4 Å². The molecule has 0 fully saturated rings. The molecule has 0 radical (unpaired) electrons. The Morgan fingerprint density at radius 1 is 1.56 bits per heavy atom. The number of alkyl carbamates (subject to hydrolysis) is 1. The summed E-state index contributed by atoms with van der Waals surface area (Å²) in [6, 6.07) is 3.75. The van der Waals surface area contributed by atoms with E-state index < -0.39 is 6.09 Å². The number of rotatable bonds is 4. The standard InChI is InChI=1S/C12H17N3O2S/c1-9(2)8-17-12(16)15-11(18)14-7-10-4-3-5-13-6-10/h3-6,9H,7-8H2,1-2H3,(H2,14,15,16,18). The minimum atomic E-state index is -0.535. The van der Waals surface area contributed by atoms with E-state index in [4.69, 9.17) is 17.0 Å². The van der Waals surface area contributed by atoms with Gasteiger partial charge in [0.1, 0.15) is 0 Å². The molecule has 0 atom stereocenters. The van der Waals surface area contributed by atoms with Gasteiger partial charge in [-0.15, -0.1) is 0 Å². The number of aromatic nitrogens is 1. The molecule has 18 heavy (non-hydrogen) atoms. The van der Waals surface area contributed by atoms with Crippen molar-refractivity contribution in [3.05, 3.63) is 30.1 Å². The van der Waals surface area contributed by atoms with Crippen molar-refractivity contribution in [2.24, 2.45) is 5.92 Å². The summed E-state index contributed by atoms with van der Waals surface area (Å²) in [6.45, 7) is 4.81. The molecular formula is C12H17N3O2S. The highest BCUT2D eigenvalue weighted by atomic mass is 32.1. The van der Waals surface area contributed by atoms with Crippen LogP contribution in [-0.2, 0) is 11.3 Å². The Morgan fingerprint density at radius 2 is 2.33 bits per heavy atom. The second-order valence-electron chi connectivity index (χ2n) is 4.16. The summed E-state index contributed by atoms with van der Waals surface area (Å²) >= 11 is 4.97. The Labute approximate surface area is 112 Å². The summed E-state index contributed by atoms with van der Waals surface area (Å²) < 4.78 is 4.94. The summed E-state index contributed by atoms with van der Waals surface area (Å²) in [4.78, 5) is 15.3. The van der Waals surface area contributed by atoms with Crippen molar-refractivity contribution in [2.45, 2.75) is 20.4 Å². The van der Waals surface area contributed by atoms with Crippen molar-refractivity contribution in [3.8, 4) is 0 Å². The zero-order valence-electron chi connectivity index (χ0n) is 10.5. The Morgan fingerprint density at radius 3 is 2.94 bits per heavy atom. The topological polar surface area (TPSA) is 63.2 Å². The normalized spacial score (nSPS) is 9.94. The van der Waals surface area contributed by atoms with Gasteiger partial charge in [-0.1, -0.05) is 19.9 Å². The molecule has 0 aliphatic heterocycles. The summed E-state index contributed by atoms with van der Waals surface area (Å²) in [5.74, 6) is 0.299. The molecule has 1 amide bonds. The first-order valence-corrected chi connectivity index (χ1v) is 6.09. The molecule has 98 valence electrons. The average Bonchev–Trinajstić information content (AvgIpc) is 2.35. The lowest BCUT2D eigenvalue weighted by Gasteiger charge is -2.10. The van der Waals surface area contributed by atoms with E-state index in [2.05, 4.69) is 15.6 Å². The molecule has 0 unspecified atom stereocenters. The van der Waals surface area contributed by atoms with E-state index in [9.17, 15) is 4.79 Å². The number of nitrogens with one attached hydrogen (secondary N) is 2. The second-order valence-corrected chi connectivity index (χ2v) is 4.57. The Kier molecular flexibility index (Phi) is 6.07. The number of nitrogens with zero attached hydrogens (tertiary/aromatic N) is 1. The lowest BCUT2D eigenvalue weighted by atomic mass is 10.2. The van der Waals surface area contributed by atoms with Gasteiger partial charge in [-0.05, 0) is 29.8 Å². The van der Waals surface area contributed by atoms with Crippen molar-refractivity contribution < 1.29 is 9.53 Å². The fraction of sp³-hybridized carbons (Fsp3) is 0.417. The van der Waals surface area contributed by atoms with Gasteiger partial charge in [-0.3, -0.25) is 10.3 Å². The molecule has 1 aromatic heterocycles. The van der Waals surface area contributed by atoms with Gasteiger partial charge in [0.05, 0.1) is 6.61 Å². The lowest BCUT2D eigenvalue weighted by molar-refractivity contribution is 0.138. The monoisotopic (exact) mass is 267 g/mol. The second kappa shape index (κ2) is 7.60. The highest BCUT2D eigenvalue weighted by Gasteiger charge is 2.06. The molecular weight excluding hydrogens is 250 g/mol. The molecule has 1 aromatic rings. The van der Waals surface area contributed by atoms with Gasteiger partial charge in [-0.2, -0.15) is 0 Å². The highest BCUT2D eigenvalue weighted by Crippen LogP contribution is 1.95. The van der Waals surface area contributed by atoms with E-state index >= 15 is 0 Å². The highest BCUT2D eigenvalue weighted by molar-refractivity contribution is 7.80. The van der Waals surface area contributed by atoms with Gasteiger partial charge in [0.25, 0.3) is 0 Å². The first kappa shape index (κ1) is 14.4. The third kappa shape index (κ3) is 6.15. The molecule has 0 spiro atoms. The van der Waals surface area contributed by atoms with Crippen molar-refractivity contribution in [2.75, 3.05) is 6.61 Å². The maximum absolute atomic E-state index is 11.3. The number of carbonyl (C=O) groups is 1. The number of hydrogen-bond acceptors (Lipinski definition) is 4. The average molecular weight is 267 g/mol. The maximum Gasteiger partial charge on any atom is 0.413 e. The van der Waals surface area contributed by atoms with Crippen LogP contribution in [-0.4, -0.2) is 22.8 Å². The Bertz CT molecular complexity index is 396. The smallest absolute Gasteiger partial charge is 0.413 e. The van der Waals surface area contributed by atoms with Gasteiger partial charge in [0.2, 0.25) is 0 Å². The van der Waals surface area contributed by atoms with E-state index in [-0.39, 0.29) is 5.11 Å². The van der Waals surface area contributed by atoms with Gasteiger partial charge in [0, 0.05) is 18.9 Å². The molecule has 5 nitrogen and oxygen atoms in total. The third-order valence-electron chi connectivity index (χ3n) is 1.94. The van der Waals surface area contributed by atoms with Crippen LogP contribution in [0.5, 0.6) is 0 Å². The minimum absolute atomic E-state index is 0.243. The fourth-order valence-electron chi connectivity index (χ4n) is 1.10. The van der Waals surface area contributed by atoms with Crippen molar-refractivity contribution in [1.29, 1.82) is 0 Å². The number of hydrogen-bond donors (Lipinski definition) is 2. The first-order chi connectivity index (χ1) is 8.58. The molecule has 6 heteroatoms. The fourth-order valence-corrected chi connectivity index (χ4v) is 1.26. The largest absolute Gasteiger partial charge is 0.449 e. The van der Waals surface area contributed by atoms with Gasteiger partial charge in [0.15, 0.2) is 5.11 Å². The Hall–Kier alpha value is -1.69. The number of pyridine rings is 1. The molecule has 0 aliphatic rings. The van der Waals surface area contributed by atoms with Crippen molar-refractivity contribution in [3.63, 3.8) is 0 Å². The molecule has 0 aliphatic carbocycles. The van der Waals surface area contributed by atoms with Crippen LogP contribution < -0.4 is 10.6 Å². The lowest BCUT2D eigenvalue weighted by Crippen LogP contribution is -2.39. The van der Waals surface area contributed by atoms with Gasteiger partial charge >= 0.3 is 6.09 Å². The maximum atomic E-state index is 11.3. The number of ether oxygens (including phenoxy) is 1. The molecule has 2 N–H and O–H groups in total. The summed E-state index contributed by atoms with van der Waals surface area (Å²) in [6.07, 6.45) is 2.89. The number of amides is 1. The predicted molar refractivity (Wildman–Crippen MR) is 73.0 cm³/mol. The summed E-state index contributed by atoms with van der Waals surface area (Å²) in [5.41, 5.74) is 0.984. The molecule has 0 saturated heterocycles. The van der Waals surface area contributed by atoms with Crippen molar-refractivity contribution >= 4 is 23.4 Å². The Balaban J connectivity index is 2.23. The summed E-state index contributed by atoms with van der Waals surface area (Å²) in [7, 11) is 0. The van der Waals surface area contributed by atoms with Crippen molar-refractivity contribution in [1.82, 2.24) is 15.6 Å². The van der Waals surface area contributed by atoms with E-state index in [0.29, 0.717) is 19.1 Å². The van der Waals surface area contributed by atoms with Gasteiger partial charge < -0.3 is 10.1 Å². The molecule has 1 heterocycles. The quantitative estimate of drug-likeness (QED) is 0.815. The number of carbonyl (C=O) groups excluding carboxylic acids is 1. The van der Waals surface area contributed by atoms with Gasteiger partial charge in [-0.25, -0.2) is 4.79 Å². The van der Waals surface area contributed by atoms with E-state index in [0.717, 1.165) is 5.56 Å². The molecule has 0 saturated carbocycles. The van der Waals surface area contributed by atoms with Crippen LogP contribution in [0.4, 0.5) is 4.79 Å². The summed E-state index contributed by atoms with van der Waals surface area (Å²) in [5, 5.41) is 5.58. The number of thiocarbonyl (C=S) groups is 1. The van der Waals surface area contributed by atoms with E-state index in [1.807, 2.05) is 26.0 Å². The zero-order chi connectivity index (χ0) is 13.4. The minimum Gasteiger partial charge on any atom is -0.449 e. The zero-order valence-corrected chi connectivity index (χ0v) is 11.3. The predicted octanol–water partition coefficient (Wildman–Crippen LogP) is 1.84. The van der Waals surface area contributed by atoms with Crippen LogP contribution in [0.3, 0.4) is 0 Å². The van der Waals surface area contributed by atoms with E-state index in [1.165, 1.54) is 0 Å². The van der Waals surface area contributed by atoms with Crippen LogP contribution in [0.2, 0.25) is 0 Å². The van der Waals surface area contributed by atoms with Crippen LogP contribution in [0, 0.1) is 5.92 Å². The molecule has 0 aromatic carbocycles.